The molecule has 1 atom stereocenters. The zero-order valence-electron chi connectivity index (χ0n) is 9.19. The van der Waals surface area contributed by atoms with Crippen molar-refractivity contribution in [3.63, 3.8) is 0 Å². The highest BCUT2D eigenvalue weighted by Crippen LogP contribution is 2.25. The van der Waals surface area contributed by atoms with Crippen LogP contribution in [0.2, 0.25) is 0 Å². The highest BCUT2D eigenvalue weighted by Gasteiger charge is 2.20. The normalized spacial score (nSPS) is 13.3. The number of esters is 1. The van der Waals surface area contributed by atoms with Gasteiger partial charge in [0.05, 0.1) is 12.2 Å². The maximum atomic E-state index is 11.6. The van der Waals surface area contributed by atoms with Crippen molar-refractivity contribution in [3.05, 3.63) is 44.0 Å². The first-order valence-electron chi connectivity index (χ1n) is 5.01. The van der Waals surface area contributed by atoms with Crippen molar-refractivity contribution < 1.29 is 14.6 Å². The van der Waals surface area contributed by atoms with Crippen molar-refractivity contribution in [2.24, 2.45) is 0 Å². The van der Waals surface area contributed by atoms with Gasteiger partial charge in [-0.25, -0.2) is 4.79 Å². The number of ether oxygens (including phenoxy) is 1. The molecule has 1 rings (SSSR count). The zero-order valence-corrected chi connectivity index (χ0v) is 12.9. The van der Waals surface area contributed by atoms with Crippen LogP contribution in [0.4, 0.5) is 0 Å². The van der Waals surface area contributed by atoms with Crippen molar-refractivity contribution >= 4 is 44.5 Å². The summed E-state index contributed by atoms with van der Waals surface area (Å²) in [7, 11) is 0. The van der Waals surface area contributed by atoms with E-state index in [4.69, 9.17) is 4.74 Å². The monoisotopic (exact) mass is 410 g/mol. The summed E-state index contributed by atoms with van der Waals surface area (Å²) in [6.45, 7) is 2.02. The summed E-state index contributed by atoms with van der Waals surface area (Å²) in [4.78, 5) is 11.6. The molecule has 0 aliphatic heterocycles. The van der Waals surface area contributed by atoms with Crippen LogP contribution in [0.1, 0.15) is 18.6 Å². The Labute approximate surface area is 122 Å². The fourth-order valence-electron chi connectivity index (χ4n) is 1.25. The van der Waals surface area contributed by atoms with Crippen LogP contribution in [0.25, 0.3) is 0 Å². The molecular formula is C12H12BrIO3. The van der Waals surface area contributed by atoms with Crippen LogP contribution in [0, 0.1) is 0 Å². The molecule has 0 spiro atoms. The summed E-state index contributed by atoms with van der Waals surface area (Å²) < 4.78 is 7.35. The smallest absolute Gasteiger partial charge is 0.337 e. The van der Waals surface area contributed by atoms with Gasteiger partial charge in [0.2, 0.25) is 0 Å². The van der Waals surface area contributed by atoms with E-state index in [2.05, 4.69) is 15.9 Å². The standard InChI is InChI=1S/C12H12BrIO3/c1-2-17-12(16)10(7-14)11(15)8-3-5-9(13)6-4-8/h3-7,11,15H,2H2,1H3/b10-7-. The van der Waals surface area contributed by atoms with Gasteiger partial charge in [0.25, 0.3) is 0 Å². The molecule has 0 radical (unpaired) electrons. The Balaban J connectivity index is 2.90. The van der Waals surface area contributed by atoms with E-state index in [0.29, 0.717) is 12.2 Å². The number of hydrogen-bond donors (Lipinski definition) is 1. The summed E-state index contributed by atoms with van der Waals surface area (Å²) >= 11 is 5.23. The van der Waals surface area contributed by atoms with E-state index in [1.54, 1.807) is 23.1 Å². The third kappa shape index (κ3) is 4.08. The van der Waals surface area contributed by atoms with Gasteiger partial charge in [-0.1, -0.05) is 50.7 Å². The summed E-state index contributed by atoms with van der Waals surface area (Å²) in [5.74, 6) is -0.489. The molecule has 0 fully saturated rings. The third-order valence-corrected chi connectivity index (χ3v) is 3.31. The van der Waals surface area contributed by atoms with Gasteiger partial charge in [-0.2, -0.15) is 0 Å². The van der Waals surface area contributed by atoms with Crippen molar-refractivity contribution in [1.29, 1.82) is 0 Å². The fourth-order valence-corrected chi connectivity index (χ4v) is 2.11. The van der Waals surface area contributed by atoms with Crippen LogP contribution in [0.5, 0.6) is 0 Å². The average molecular weight is 411 g/mol. The number of carbonyl (C=O) groups excluding carboxylic acids is 1. The van der Waals surface area contributed by atoms with Crippen molar-refractivity contribution in [2.75, 3.05) is 6.61 Å². The van der Waals surface area contributed by atoms with Gasteiger partial charge in [-0.3, -0.25) is 0 Å². The van der Waals surface area contributed by atoms with E-state index in [9.17, 15) is 9.90 Å². The maximum absolute atomic E-state index is 11.6. The number of hydrogen-bond acceptors (Lipinski definition) is 3. The highest BCUT2D eigenvalue weighted by atomic mass is 127. The van der Waals surface area contributed by atoms with E-state index in [1.165, 1.54) is 0 Å². The minimum atomic E-state index is -0.959. The molecule has 5 heteroatoms. The fraction of sp³-hybridized carbons (Fsp3) is 0.250. The lowest BCUT2D eigenvalue weighted by Crippen LogP contribution is -2.14. The molecule has 1 aromatic rings. The number of rotatable bonds is 4. The van der Waals surface area contributed by atoms with Crippen LogP contribution in [0.15, 0.2) is 38.4 Å². The molecule has 0 saturated heterocycles. The molecule has 0 aliphatic rings. The van der Waals surface area contributed by atoms with Gasteiger partial charge in [0.1, 0.15) is 6.10 Å². The molecule has 0 heterocycles. The predicted molar refractivity (Wildman–Crippen MR) is 77.8 cm³/mol. The Morgan fingerprint density at radius 3 is 2.59 bits per heavy atom. The molecule has 0 amide bonds. The Hall–Kier alpha value is -0.400. The van der Waals surface area contributed by atoms with E-state index in [-0.39, 0.29) is 5.57 Å². The Bertz CT molecular complexity index is 414. The SMILES string of the molecule is CCOC(=O)/C(=C\I)C(O)c1ccc(Br)cc1. The summed E-state index contributed by atoms with van der Waals surface area (Å²) in [6, 6.07) is 7.14. The Kier molecular flexibility index (Phi) is 6.15. The van der Waals surface area contributed by atoms with Gasteiger partial charge in [-0.15, -0.1) is 0 Å². The molecule has 3 nitrogen and oxygen atoms in total. The Morgan fingerprint density at radius 2 is 2.12 bits per heavy atom. The Morgan fingerprint density at radius 1 is 1.53 bits per heavy atom. The van der Waals surface area contributed by atoms with E-state index in [1.807, 2.05) is 34.7 Å². The largest absolute Gasteiger partial charge is 0.463 e. The van der Waals surface area contributed by atoms with Gasteiger partial charge in [0.15, 0.2) is 0 Å². The number of aliphatic hydroxyl groups excluding tert-OH is 1. The maximum Gasteiger partial charge on any atom is 0.337 e. The first-order chi connectivity index (χ1) is 8.10. The molecule has 17 heavy (non-hydrogen) atoms. The minimum Gasteiger partial charge on any atom is -0.463 e. The predicted octanol–water partition coefficient (Wildman–Crippen LogP) is 3.36. The van der Waals surface area contributed by atoms with Crippen LogP contribution in [-0.4, -0.2) is 17.7 Å². The first kappa shape index (κ1) is 14.7. The summed E-state index contributed by atoms with van der Waals surface area (Å²) in [6.07, 6.45) is -0.959. The van der Waals surface area contributed by atoms with E-state index in [0.717, 1.165) is 4.47 Å². The quantitative estimate of drug-likeness (QED) is 0.470. The van der Waals surface area contributed by atoms with Gasteiger partial charge >= 0.3 is 5.97 Å². The molecule has 0 saturated carbocycles. The average Bonchev–Trinajstić information content (AvgIpc) is 2.31. The van der Waals surface area contributed by atoms with Crippen molar-refractivity contribution in [3.8, 4) is 0 Å². The van der Waals surface area contributed by atoms with Crippen LogP contribution in [-0.2, 0) is 9.53 Å². The molecule has 1 aromatic carbocycles. The number of aliphatic hydroxyl groups is 1. The highest BCUT2D eigenvalue weighted by molar-refractivity contribution is 14.1. The number of benzene rings is 1. The van der Waals surface area contributed by atoms with Gasteiger partial charge < -0.3 is 9.84 Å². The summed E-state index contributed by atoms with van der Waals surface area (Å²) in [5.41, 5.74) is 0.902. The topological polar surface area (TPSA) is 46.5 Å². The second kappa shape index (κ2) is 7.13. The van der Waals surface area contributed by atoms with Gasteiger partial charge in [0, 0.05) is 4.47 Å². The lowest BCUT2D eigenvalue weighted by Gasteiger charge is -2.13. The molecule has 92 valence electrons. The van der Waals surface area contributed by atoms with Crippen molar-refractivity contribution in [2.45, 2.75) is 13.0 Å². The molecule has 0 aromatic heterocycles. The lowest BCUT2D eigenvalue weighted by molar-refractivity contribution is -0.139. The number of carbonyl (C=O) groups is 1. The molecular weight excluding hydrogens is 399 g/mol. The first-order valence-corrected chi connectivity index (χ1v) is 7.05. The minimum absolute atomic E-state index is 0.245. The van der Waals surface area contributed by atoms with Gasteiger partial charge in [-0.05, 0) is 28.7 Å². The number of halogens is 2. The summed E-state index contributed by atoms with van der Waals surface area (Å²) in [5, 5.41) is 10.1. The van der Waals surface area contributed by atoms with E-state index < -0.39 is 12.1 Å². The second-order valence-electron chi connectivity index (χ2n) is 3.24. The van der Waals surface area contributed by atoms with Crippen LogP contribution in [0.3, 0.4) is 0 Å². The van der Waals surface area contributed by atoms with Crippen LogP contribution < -0.4 is 0 Å². The molecule has 0 bridgehead atoms. The molecule has 1 unspecified atom stereocenters. The molecule has 0 aliphatic carbocycles. The second-order valence-corrected chi connectivity index (χ2v) is 4.78. The van der Waals surface area contributed by atoms with Crippen LogP contribution >= 0.6 is 38.5 Å². The van der Waals surface area contributed by atoms with Crippen molar-refractivity contribution in [1.82, 2.24) is 0 Å². The lowest BCUT2D eigenvalue weighted by atomic mass is 10.0. The third-order valence-electron chi connectivity index (χ3n) is 2.11. The van der Waals surface area contributed by atoms with E-state index >= 15 is 0 Å². The molecule has 1 N–H and O–H groups in total. The zero-order chi connectivity index (χ0) is 12.8.